The Bertz CT molecular complexity index is 637. The summed E-state index contributed by atoms with van der Waals surface area (Å²) in [5.74, 6) is 3.54. The van der Waals surface area contributed by atoms with Crippen molar-refractivity contribution < 1.29 is 13.2 Å². The Kier molecular flexibility index (Phi) is 8.30. The molecule has 2 aliphatic heterocycles. The molecule has 162 valence electrons. The van der Waals surface area contributed by atoms with Gasteiger partial charge in [0, 0.05) is 31.8 Å². The van der Waals surface area contributed by atoms with Gasteiger partial charge in [-0.1, -0.05) is 19.3 Å². The van der Waals surface area contributed by atoms with Gasteiger partial charge in [0.15, 0.2) is 15.8 Å². The largest absolute Gasteiger partial charge is 0.381 e. The summed E-state index contributed by atoms with van der Waals surface area (Å²) in [6, 6.07) is 0.905. The second-order valence-electron chi connectivity index (χ2n) is 9.09. The van der Waals surface area contributed by atoms with Crippen LogP contribution in [0.25, 0.3) is 0 Å². The highest BCUT2D eigenvalue weighted by Crippen LogP contribution is 2.42. The van der Waals surface area contributed by atoms with Gasteiger partial charge in [0.1, 0.15) is 0 Å². The van der Waals surface area contributed by atoms with Crippen LogP contribution in [-0.2, 0) is 14.6 Å². The zero-order chi connectivity index (χ0) is 18.7. The number of fused-ring (bicyclic) bond motifs is 1. The summed E-state index contributed by atoms with van der Waals surface area (Å²) in [6.07, 6.45) is 10.8. The summed E-state index contributed by atoms with van der Waals surface area (Å²) >= 11 is 0. The van der Waals surface area contributed by atoms with Gasteiger partial charge < -0.3 is 15.4 Å². The lowest BCUT2D eigenvalue weighted by molar-refractivity contribution is 0.0821. The Balaban J connectivity index is 0.00000225. The number of hydrogen-bond acceptors (Lipinski definition) is 4. The Morgan fingerprint density at radius 1 is 0.929 bits per heavy atom. The van der Waals surface area contributed by atoms with Crippen molar-refractivity contribution >= 4 is 39.8 Å². The van der Waals surface area contributed by atoms with Crippen LogP contribution in [0, 0.1) is 17.8 Å². The van der Waals surface area contributed by atoms with Crippen LogP contribution in [-0.4, -0.2) is 57.7 Å². The zero-order valence-electron chi connectivity index (χ0n) is 16.8. The second kappa shape index (κ2) is 10.3. The van der Waals surface area contributed by atoms with Crippen molar-refractivity contribution in [3.8, 4) is 0 Å². The minimum atomic E-state index is -2.83. The van der Waals surface area contributed by atoms with E-state index in [0.29, 0.717) is 30.1 Å². The van der Waals surface area contributed by atoms with E-state index in [1.54, 1.807) is 0 Å². The molecule has 0 aromatic carbocycles. The monoisotopic (exact) mass is 525 g/mol. The van der Waals surface area contributed by atoms with Gasteiger partial charge in [-0.05, 0) is 56.3 Å². The first-order valence-corrected chi connectivity index (χ1v) is 12.8. The van der Waals surface area contributed by atoms with Crippen LogP contribution in [0.5, 0.6) is 0 Å². The molecule has 0 aromatic heterocycles. The molecule has 2 heterocycles. The number of aliphatic imine (C=N–C) groups is 1. The average molecular weight is 525 g/mol. The summed E-state index contributed by atoms with van der Waals surface area (Å²) in [6.45, 7) is 2.22. The van der Waals surface area contributed by atoms with Crippen molar-refractivity contribution in [2.75, 3.05) is 31.3 Å². The Hall–Kier alpha value is -0.0900. The maximum atomic E-state index is 11.7. The van der Waals surface area contributed by atoms with Gasteiger partial charge in [0.05, 0.1) is 11.5 Å². The molecule has 0 spiro atoms. The van der Waals surface area contributed by atoms with Gasteiger partial charge in [-0.2, -0.15) is 0 Å². The fourth-order valence-corrected chi connectivity index (χ4v) is 7.28. The zero-order valence-corrected chi connectivity index (χ0v) is 19.9. The third-order valence-electron chi connectivity index (χ3n) is 7.03. The minimum Gasteiger partial charge on any atom is -0.381 e. The van der Waals surface area contributed by atoms with Crippen LogP contribution < -0.4 is 10.6 Å². The van der Waals surface area contributed by atoms with Crippen molar-refractivity contribution in [1.82, 2.24) is 10.6 Å². The van der Waals surface area contributed by atoms with Gasteiger partial charge in [0.25, 0.3) is 0 Å². The lowest BCUT2D eigenvalue weighted by atomic mass is 9.79. The van der Waals surface area contributed by atoms with Crippen LogP contribution in [0.1, 0.15) is 57.8 Å². The second-order valence-corrected chi connectivity index (χ2v) is 11.3. The lowest BCUT2D eigenvalue weighted by Gasteiger charge is -2.34. The van der Waals surface area contributed by atoms with Crippen LogP contribution in [0.2, 0.25) is 0 Å². The average Bonchev–Trinajstić information content (AvgIpc) is 3.26. The molecule has 8 heteroatoms. The number of rotatable bonds is 4. The highest BCUT2D eigenvalue weighted by atomic mass is 127. The molecule has 6 nitrogen and oxygen atoms in total. The number of ether oxygens (including phenoxy) is 1. The molecule has 0 aromatic rings. The molecule has 0 bridgehead atoms. The molecule has 2 saturated heterocycles. The van der Waals surface area contributed by atoms with Gasteiger partial charge in [0.2, 0.25) is 0 Å². The molecule has 2 aliphatic carbocycles. The first-order chi connectivity index (χ1) is 13.1. The molecule has 2 N–H and O–H groups in total. The van der Waals surface area contributed by atoms with Gasteiger partial charge >= 0.3 is 0 Å². The van der Waals surface area contributed by atoms with Gasteiger partial charge in [-0.25, -0.2) is 8.42 Å². The molecule has 0 amide bonds. The van der Waals surface area contributed by atoms with E-state index in [4.69, 9.17) is 9.73 Å². The predicted octanol–water partition coefficient (Wildman–Crippen LogP) is 2.72. The lowest BCUT2D eigenvalue weighted by Crippen LogP contribution is -2.50. The summed E-state index contributed by atoms with van der Waals surface area (Å²) in [5, 5.41) is 7.33. The number of guanidine groups is 1. The summed E-state index contributed by atoms with van der Waals surface area (Å²) in [5.41, 5.74) is 0. The molecule has 4 fully saturated rings. The fourth-order valence-electron chi connectivity index (χ4n) is 5.43. The summed E-state index contributed by atoms with van der Waals surface area (Å²) in [7, 11) is -2.83. The Morgan fingerprint density at radius 2 is 1.68 bits per heavy atom. The Labute approximate surface area is 187 Å². The van der Waals surface area contributed by atoms with Crippen molar-refractivity contribution in [3.05, 3.63) is 0 Å². The molecule has 0 radical (unpaired) electrons. The minimum absolute atomic E-state index is 0. The number of hydrogen-bond donors (Lipinski definition) is 2. The number of nitrogens with zero attached hydrogens (tertiary/aromatic N) is 1. The maximum absolute atomic E-state index is 11.7. The molecule has 28 heavy (non-hydrogen) atoms. The van der Waals surface area contributed by atoms with Crippen LogP contribution in [0.4, 0.5) is 0 Å². The Morgan fingerprint density at radius 3 is 2.43 bits per heavy atom. The fraction of sp³-hybridized carbons (Fsp3) is 0.950. The number of sulfone groups is 1. The summed E-state index contributed by atoms with van der Waals surface area (Å²) < 4.78 is 28.9. The van der Waals surface area contributed by atoms with Crippen molar-refractivity contribution in [3.63, 3.8) is 0 Å². The third kappa shape index (κ3) is 6.20. The number of nitrogens with one attached hydrogen (secondary N) is 2. The van der Waals surface area contributed by atoms with E-state index in [-0.39, 0.29) is 29.9 Å². The number of halogens is 1. The third-order valence-corrected chi connectivity index (χ3v) is 8.86. The molecule has 4 unspecified atom stereocenters. The normalized spacial score (nSPS) is 35.8. The molecular formula is C20H36IN3O3S. The van der Waals surface area contributed by atoms with Crippen molar-refractivity contribution in [2.24, 2.45) is 22.7 Å². The highest BCUT2D eigenvalue weighted by molar-refractivity contribution is 14.0. The van der Waals surface area contributed by atoms with Crippen molar-refractivity contribution in [2.45, 2.75) is 69.9 Å². The smallest absolute Gasteiger partial charge is 0.191 e. The standard InChI is InChI=1S/C20H35N3O3S.HI/c24-27(25)11-8-15(14-27)13-21-20(22-18-6-9-26-10-7-18)23-19-5-4-16-2-1-3-17(16)12-19;/h15-19H,1-14H2,(H2,21,22,23);1H. The van der Waals surface area contributed by atoms with Crippen molar-refractivity contribution in [1.29, 1.82) is 0 Å². The first kappa shape index (κ1) is 22.6. The topological polar surface area (TPSA) is 79.8 Å². The van der Waals surface area contributed by atoms with E-state index in [1.807, 2.05) is 0 Å². The molecule has 4 rings (SSSR count). The van der Waals surface area contributed by atoms with Crippen LogP contribution >= 0.6 is 24.0 Å². The molecule has 4 aliphatic rings. The van der Waals surface area contributed by atoms with E-state index in [0.717, 1.165) is 50.3 Å². The van der Waals surface area contributed by atoms with E-state index in [2.05, 4.69) is 10.6 Å². The van der Waals surface area contributed by atoms with Crippen LogP contribution in [0.15, 0.2) is 4.99 Å². The van der Waals surface area contributed by atoms with Gasteiger partial charge in [-0.15, -0.1) is 24.0 Å². The van der Waals surface area contributed by atoms with Gasteiger partial charge in [-0.3, -0.25) is 4.99 Å². The van der Waals surface area contributed by atoms with Crippen LogP contribution in [0.3, 0.4) is 0 Å². The molecule has 4 atom stereocenters. The van der Waals surface area contributed by atoms with E-state index in [1.165, 1.54) is 38.5 Å². The van der Waals surface area contributed by atoms with E-state index >= 15 is 0 Å². The maximum Gasteiger partial charge on any atom is 0.191 e. The SMILES string of the molecule is I.O=S1(=O)CCC(CN=C(NC2CCOCC2)NC2CCC3CCCC3C2)C1. The van der Waals surface area contributed by atoms with E-state index in [9.17, 15) is 8.42 Å². The first-order valence-electron chi connectivity index (χ1n) is 10.9. The molecular weight excluding hydrogens is 489 g/mol. The van der Waals surface area contributed by atoms with E-state index < -0.39 is 9.84 Å². The quantitative estimate of drug-likeness (QED) is 0.335. The highest BCUT2D eigenvalue weighted by Gasteiger charge is 2.34. The predicted molar refractivity (Wildman–Crippen MR) is 123 cm³/mol. The summed E-state index contributed by atoms with van der Waals surface area (Å²) in [4.78, 5) is 4.83. The molecule has 2 saturated carbocycles.